The molecule has 0 aromatic carbocycles. The third kappa shape index (κ3) is 31.5. The van der Waals surface area contributed by atoms with Crippen molar-refractivity contribution in [2.45, 2.75) is 0 Å². The number of hydrogen-bond donors (Lipinski definition) is 2. The van der Waals surface area contributed by atoms with Gasteiger partial charge in [-0.3, -0.25) is 0 Å². The number of carbonyl (C=O) groups is 2. The maximum Gasteiger partial charge on any atom is 0.404 e. The highest BCUT2D eigenvalue weighted by Gasteiger charge is 1.95. The van der Waals surface area contributed by atoms with Crippen LogP contribution in [0.4, 0.5) is 9.59 Å². The fourth-order valence-electron chi connectivity index (χ4n) is 0.504. The Bertz CT molecular complexity index is 179. The zero-order valence-electron chi connectivity index (χ0n) is 9.85. The number of hydrogen-bond acceptors (Lipinski definition) is 5. The Kier molecular flexibility index (Phi) is 23.4. The molecule has 0 heterocycles. The molecule has 0 aromatic rings. The smallest absolute Gasteiger partial charge is 0.404 e. The van der Waals surface area contributed by atoms with Crippen LogP contribution in [0, 0.1) is 0 Å². The van der Waals surface area contributed by atoms with Gasteiger partial charge in [0, 0.05) is 0 Å². The van der Waals surface area contributed by atoms with E-state index in [4.69, 9.17) is 4.74 Å². The third-order valence-electron chi connectivity index (χ3n) is 0.944. The van der Waals surface area contributed by atoms with Crippen LogP contribution in [-0.2, 0) is 14.2 Å². The summed E-state index contributed by atoms with van der Waals surface area (Å²) in [6.45, 7) is 12.5. The lowest BCUT2D eigenvalue weighted by Crippen LogP contribution is -2.19. The van der Waals surface area contributed by atoms with Gasteiger partial charge in [0.05, 0.1) is 13.2 Å². The predicted octanol–water partition coefficient (Wildman–Crippen LogP) is 0.798. The SMILES string of the molecule is C=C.C=C.NC(=O)OCCOCCOC(N)=O. The van der Waals surface area contributed by atoms with Crippen LogP contribution in [-0.4, -0.2) is 38.6 Å². The molecule has 0 rings (SSSR count). The molecule has 0 fully saturated rings. The first kappa shape index (κ1) is 20.4. The van der Waals surface area contributed by atoms with Gasteiger partial charge < -0.3 is 25.7 Å². The van der Waals surface area contributed by atoms with Crippen molar-refractivity contribution in [3.63, 3.8) is 0 Å². The molecule has 0 saturated heterocycles. The number of rotatable bonds is 6. The molecule has 0 aliphatic carbocycles. The second-order valence-electron chi connectivity index (χ2n) is 1.95. The van der Waals surface area contributed by atoms with Crippen molar-refractivity contribution >= 4 is 12.2 Å². The molecule has 0 unspecified atom stereocenters. The summed E-state index contributed by atoms with van der Waals surface area (Å²) in [7, 11) is 0. The molecular formula is C10H20N2O5. The quantitative estimate of drug-likeness (QED) is 0.533. The van der Waals surface area contributed by atoms with Crippen molar-refractivity contribution in [3.05, 3.63) is 26.3 Å². The van der Waals surface area contributed by atoms with Gasteiger partial charge in [-0.25, -0.2) is 9.59 Å². The van der Waals surface area contributed by atoms with Gasteiger partial charge >= 0.3 is 12.2 Å². The molecule has 4 N–H and O–H groups in total. The number of primary amides is 2. The average molecular weight is 248 g/mol. The van der Waals surface area contributed by atoms with Crippen molar-refractivity contribution in [3.8, 4) is 0 Å². The molecule has 0 spiro atoms. The van der Waals surface area contributed by atoms with E-state index in [2.05, 4.69) is 47.3 Å². The Labute approximate surface area is 101 Å². The molecule has 7 heteroatoms. The van der Waals surface area contributed by atoms with Gasteiger partial charge in [0.2, 0.25) is 0 Å². The molecule has 0 aliphatic rings. The van der Waals surface area contributed by atoms with Gasteiger partial charge in [0.15, 0.2) is 0 Å². The fourth-order valence-corrected chi connectivity index (χ4v) is 0.504. The molecule has 0 atom stereocenters. The first-order valence-electron chi connectivity index (χ1n) is 4.55. The van der Waals surface area contributed by atoms with Gasteiger partial charge in [-0.05, 0) is 0 Å². The molecule has 0 saturated carbocycles. The lowest BCUT2D eigenvalue weighted by Gasteiger charge is -2.03. The van der Waals surface area contributed by atoms with E-state index < -0.39 is 12.2 Å². The standard InChI is InChI=1S/C6H12N2O5.2C2H4/c7-5(9)12-3-1-11-2-4-13-6(8)10;2*1-2/h1-4H2,(H2,7,9)(H2,8,10);2*1-2H2. The van der Waals surface area contributed by atoms with Gasteiger partial charge in [0.25, 0.3) is 0 Å². The Morgan fingerprint density at radius 1 is 0.765 bits per heavy atom. The van der Waals surface area contributed by atoms with E-state index in [0.717, 1.165) is 0 Å². The van der Waals surface area contributed by atoms with Crippen molar-refractivity contribution in [2.75, 3.05) is 26.4 Å². The minimum atomic E-state index is -0.850. The highest BCUT2D eigenvalue weighted by atomic mass is 16.6. The average Bonchev–Trinajstić information content (AvgIpc) is 2.32. The molecule has 100 valence electrons. The highest BCUT2D eigenvalue weighted by molar-refractivity contribution is 5.64. The minimum absolute atomic E-state index is 0.0753. The minimum Gasteiger partial charge on any atom is -0.447 e. The number of ether oxygens (including phenoxy) is 3. The molecule has 0 bridgehead atoms. The zero-order chi connectivity index (χ0) is 14.1. The van der Waals surface area contributed by atoms with E-state index in [-0.39, 0.29) is 26.4 Å². The van der Waals surface area contributed by atoms with Crippen molar-refractivity contribution in [1.29, 1.82) is 0 Å². The van der Waals surface area contributed by atoms with E-state index in [1.54, 1.807) is 0 Å². The van der Waals surface area contributed by atoms with Crippen LogP contribution in [0.2, 0.25) is 0 Å². The van der Waals surface area contributed by atoms with Crippen LogP contribution in [0.3, 0.4) is 0 Å². The van der Waals surface area contributed by atoms with E-state index in [9.17, 15) is 9.59 Å². The fraction of sp³-hybridized carbons (Fsp3) is 0.400. The molecular weight excluding hydrogens is 228 g/mol. The first-order chi connectivity index (χ1) is 8.13. The Hall–Kier alpha value is -2.02. The van der Waals surface area contributed by atoms with Gasteiger partial charge in [-0.1, -0.05) is 0 Å². The molecule has 0 aromatic heterocycles. The summed E-state index contributed by atoms with van der Waals surface area (Å²) in [4.78, 5) is 20.1. The van der Waals surface area contributed by atoms with Crippen LogP contribution < -0.4 is 11.5 Å². The molecule has 0 aliphatic heterocycles. The van der Waals surface area contributed by atoms with Crippen LogP contribution in [0.25, 0.3) is 0 Å². The summed E-state index contributed by atoms with van der Waals surface area (Å²) in [6, 6.07) is 0. The van der Waals surface area contributed by atoms with E-state index >= 15 is 0 Å². The number of nitrogens with two attached hydrogens (primary N) is 2. The second kappa shape index (κ2) is 19.5. The molecule has 7 nitrogen and oxygen atoms in total. The summed E-state index contributed by atoms with van der Waals surface area (Å²) in [5.74, 6) is 0. The maximum absolute atomic E-state index is 10.0. The lowest BCUT2D eigenvalue weighted by atomic mass is 10.7. The molecule has 2 amide bonds. The zero-order valence-corrected chi connectivity index (χ0v) is 9.85. The molecule has 17 heavy (non-hydrogen) atoms. The normalized spacial score (nSPS) is 7.53. The van der Waals surface area contributed by atoms with E-state index in [1.165, 1.54) is 0 Å². The summed E-state index contributed by atoms with van der Waals surface area (Å²) in [6.07, 6.45) is -1.70. The van der Waals surface area contributed by atoms with Crippen LogP contribution >= 0.6 is 0 Å². The first-order valence-corrected chi connectivity index (χ1v) is 4.55. The summed E-state index contributed by atoms with van der Waals surface area (Å²) in [5, 5.41) is 0. The monoisotopic (exact) mass is 248 g/mol. The topological polar surface area (TPSA) is 114 Å². The van der Waals surface area contributed by atoms with Crippen molar-refractivity contribution < 1.29 is 23.8 Å². The predicted molar refractivity (Wildman–Crippen MR) is 64.4 cm³/mol. The number of carbonyl (C=O) groups excluding carboxylic acids is 2. The summed E-state index contributed by atoms with van der Waals surface area (Å²) >= 11 is 0. The van der Waals surface area contributed by atoms with E-state index in [0.29, 0.717) is 0 Å². The molecule has 0 radical (unpaired) electrons. The van der Waals surface area contributed by atoms with Crippen LogP contribution in [0.5, 0.6) is 0 Å². The van der Waals surface area contributed by atoms with Crippen molar-refractivity contribution in [2.24, 2.45) is 11.5 Å². The Morgan fingerprint density at radius 3 is 1.29 bits per heavy atom. The van der Waals surface area contributed by atoms with Gasteiger partial charge in [-0.15, -0.1) is 26.3 Å². The summed E-state index contributed by atoms with van der Waals surface area (Å²) in [5.41, 5.74) is 9.34. The highest BCUT2D eigenvalue weighted by Crippen LogP contribution is 1.80. The van der Waals surface area contributed by atoms with Crippen LogP contribution in [0.1, 0.15) is 0 Å². The maximum atomic E-state index is 10.0. The Balaban J connectivity index is -0.000000439. The van der Waals surface area contributed by atoms with Gasteiger partial charge in [-0.2, -0.15) is 0 Å². The van der Waals surface area contributed by atoms with Crippen LogP contribution in [0.15, 0.2) is 26.3 Å². The summed E-state index contributed by atoms with van der Waals surface area (Å²) < 4.78 is 13.6. The van der Waals surface area contributed by atoms with E-state index in [1.807, 2.05) is 0 Å². The van der Waals surface area contributed by atoms with Crippen molar-refractivity contribution in [1.82, 2.24) is 0 Å². The third-order valence-corrected chi connectivity index (χ3v) is 0.944. The second-order valence-corrected chi connectivity index (χ2v) is 1.95. The largest absolute Gasteiger partial charge is 0.447 e. The Morgan fingerprint density at radius 2 is 1.06 bits per heavy atom. The van der Waals surface area contributed by atoms with Gasteiger partial charge in [0.1, 0.15) is 13.2 Å². The lowest BCUT2D eigenvalue weighted by molar-refractivity contribution is 0.0494. The number of amides is 2.